The Morgan fingerprint density at radius 2 is 0.920 bits per heavy atom. The highest BCUT2D eigenvalue weighted by Crippen LogP contribution is 2.50. The minimum absolute atomic E-state index is 0.0874. The predicted molar refractivity (Wildman–Crippen MR) is 197 cm³/mol. The lowest BCUT2D eigenvalue weighted by Crippen LogP contribution is -2.26. The van der Waals surface area contributed by atoms with Crippen LogP contribution >= 0.6 is 0 Å². The van der Waals surface area contributed by atoms with Crippen molar-refractivity contribution in [1.29, 1.82) is 0 Å². The molecule has 50 heavy (non-hydrogen) atoms. The Bertz CT molecular complexity index is 2060. The Balaban J connectivity index is 1.25. The summed E-state index contributed by atoms with van der Waals surface area (Å²) in [5, 5.41) is 0. The molecule has 6 aromatic rings. The molecule has 242 valence electrons. The van der Waals surface area contributed by atoms with Crippen molar-refractivity contribution in [2.45, 2.75) is 42.9 Å². The number of hydrogen-bond donors (Lipinski definition) is 0. The number of benzene rings is 6. The Morgan fingerprint density at radius 3 is 1.38 bits per heavy atom. The van der Waals surface area contributed by atoms with Crippen molar-refractivity contribution in [3.05, 3.63) is 219 Å². The van der Waals surface area contributed by atoms with Crippen molar-refractivity contribution in [3.8, 4) is 5.75 Å². The summed E-state index contributed by atoms with van der Waals surface area (Å²) in [4.78, 5) is 27.1. The number of fused-ring (bicyclic) bond motifs is 3. The third kappa shape index (κ3) is 4.72. The maximum absolute atomic E-state index is 13.5. The monoisotopic (exact) mass is 648 g/mol. The lowest BCUT2D eigenvalue weighted by atomic mass is 9.69. The first kappa shape index (κ1) is 30.3. The van der Waals surface area contributed by atoms with Gasteiger partial charge in [-0.05, 0) is 74.7 Å². The van der Waals surface area contributed by atoms with Crippen molar-refractivity contribution >= 4 is 11.6 Å². The quantitative estimate of drug-likeness (QED) is 0.169. The SMILES string of the molecule is C=C1Oc2ccc(C(C)(c3ccc4c(c3)C(c3ccccc3)C(=O)C4)c3ccc4c(c3)C(c3ccccc3)C(=O)C4)cc2C1c1ccccc1. The van der Waals surface area contributed by atoms with Crippen LogP contribution in [0.15, 0.2) is 158 Å². The van der Waals surface area contributed by atoms with E-state index in [0.717, 1.165) is 66.9 Å². The van der Waals surface area contributed by atoms with Gasteiger partial charge in [-0.2, -0.15) is 0 Å². The average Bonchev–Trinajstić information content (AvgIpc) is 3.79. The van der Waals surface area contributed by atoms with Crippen molar-refractivity contribution in [2.75, 3.05) is 0 Å². The van der Waals surface area contributed by atoms with Crippen LogP contribution in [-0.2, 0) is 27.8 Å². The summed E-state index contributed by atoms with van der Waals surface area (Å²) in [5.41, 5.74) is 11.3. The van der Waals surface area contributed by atoms with Crippen LogP contribution in [0.4, 0.5) is 0 Å². The minimum atomic E-state index is -0.635. The van der Waals surface area contributed by atoms with Gasteiger partial charge in [0.05, 0.1) is 17.8 Å². The average molecular weight is 649 g/mol. The number of allylic oxidation sites excluding steroid dienone is 1. The van der Waals surface area contributed by atoms with Crippen LogP contribution in [0.25, 0.3) is 0 Å². The van der Waals surface area contributed by atoms with Gasteiger partial charge in [0.25, 0.3) is 0 Å². The molecule has 0 amide bonds. The van der Waals surface area contributed by atoms with Crippen LogP contribution in [-0.4, -0.2) is 11.6 Å². The molecule has 1 aliphatic heterocycles. The third-order valence-corrected chi connectivity index (χ3v) is 11.3. The van der Waals surface area contributed by atoms with Gasteiger partial charge >= 0.3 is 0 Å². The van der Waals surface area contributed by atoms with Gasteiger partial charge < -0.3 is 4.74 Å². The van der Waals surface area contributed by atoms with E-state index in [4.69, 9.17) is 4.74 Å². The van der Waals surface area contributed by atoms with E-state index in [-0.39, 0.29) is 29.3 Å². The molecule has 0 aromatic heterocycles. The Labute approximate surface area is 292 Å². The van der Waals surface area contributed by atoms with Crippen LogP contribution < -0.4 is 4.74 Å². The molecule has 0 fully saturated rings. The Morgan fingerprint density at radius 1 is 0.520 bits per heavy atom. The molecule has 0 saturated heterocycles. The molecule has 3 heteroatoms. The van der Waals surface area contributed by atoms with Gasteiger partial charge in [-0.15, -0.1) is 0 Å². The molecule has 3 nitrogen and oxygen atoms in total. The van der Waals surface area contributed by atoms with E-state index in [0.29, 0.717) is 18.6 Å². The molecule has 0 saturated carbocycles. The maximum Gasteiger partial charge on any atom is 0.149 e. The van der Waals surface area contributed by atoms with Crippen molar-refractivity contribution in [3.63, 3.8) is 0 Å². The molecular formula is C47H36O3. The maximum atomic E-state index is 13.5. The number of ketones is 2. The number of carbonyl (C=O) groups is 2. The second-order valence-corrected chi connectivity index (χ2v) is 14.1. The summed E-state index contributed by atoms with van der Waals surface area (Å²) < 4.78 is 6.25. The van der Waals surface area contributed by atoms with Crippen molar-refractivity contribution in [1.82, 2.24) is 0 Å². The highest BCUT2D eigenvalue weighted by atomic mass is 16.5. The van der Waals surface area contributed by atoms with Gasteiger partial charge in [0.1, 0.15) is 23.1 Å². The molecule has 9 rings (SSSR count). The van der Waals surface area contributed by atoms with Crippen LogP contribution in [0, 0.1) is 0 Å². The molecule has 0 spiro atoms. The molecule has 0 N–H and O–H groups in total. The second kappa shape index (κ2) is 11.7. The van der Waals surface area contributed by atoms with E-state index in [1.54, 1.807) is 0 Å². The summed E-state index contributed by atoms with van der Waals surface area (Å²) in [6, 6.07) is 50.4. The van der Waals surface area contributed by atoms with Gasteiger partial charge in [0, 0.05) is 23.8 Å². The fourth-order valence-corrected chi connectivity index (χ4v) is 8.68. The van der Waals surface area contributed by atoms with Gasteiger partial charge in [-0.25, -0.2) is 0 Å². The number of ether oxygens (including phenoxy) is 1. The standard InChI is InChI=1S/C47H36O3/c1-29-44(30-12-6-3-7-13-30)40-28-37(22-23-43(40)50-29)47(2,35-20-18-33-24-41(48)45(38(33)26-35)31-14-8-4-9-15-31)36-21-19-34-25-42(49)46(39(34)27-36)32-16-10-5-11-17-32/h3-23,26-28,44-46H,1,24-25H2,2H3. The summed E-state index contributed by atoms with van der Waals surface area (Å²) in [5.74, 6) is 1.31. The zero-order chi connectivity index (χ0) is 34.0. The zero-order valence-electron chi connectivity index (χ0n) is 27.9. The smallest absolute Gasteiger partial charge is 0.149 e. The van der Waals surface area contributed by atoms with Crippen LogP contribution in [0.2, 0.25) is 0 Å². The third-order valence-electron chi connectivity index (χ3n) is 11.3. The predicted octanol–water partition coefficient (Wildman–Crippen LogP) is 9.59. The van der Waals surface area contributed by atoms with E-state index in [2.05, 4.69) is 117 Å². The minimum Gasteiger partial charge on any atom is -0.461 e. The number of Topliss-reactive ketones (excluding diaryl/α,β-unsaturated/α-hetero) is 2. The summed E-state index contributed by atoms with van der Waals surface area (Å²) in [7, 11) is 0. The zero-order valence-corrected chi connectivity index (χ0v) is 27.9. The van der Waals surface area contributed by atoms with E-state index in [1.165, 1.54) is 0 Å². The van der Waals surface area contributed by atoms with Gasteiger partial charge in [0.15, 0.2) is 0 Å². The van der Waals surface area contributed by atoms with E-state index in [1.807, 2.05) is 42.5 Å². The fraction of sp³-hybridized carbons (Fsp3) is 0.149. The first-order valence-electron chi connectivity index (χ1n) is 17.4. The fourth-order valence-electron chi connectivity index (χ4n) is 8.68. The molecule has 3 unspecified atom stereocenters. The van der Waals surface area contributed by atoms with Crippen LogP contribution in [0.5, 0.6) is 5.75 Å². The lowest BCUT2D eigenvalue weighted by molar-refractivity contribution is -0.119. The van der Waals surface area contributed by atoms with Crippen molar-refractivity contribution in [2.24, 2.45) is 0 Å². The second-order valence-electron chi connectivity index (χ2n) is 14.1. The molecule has 6 aromatic carbocycles. The van der Waals surface area contributed by atoms with Crippen LogP contribution in [0.3, 0.4) is 0 Å². The number of carbonyl (C=O) groups excluding carboxylic acids is 2. The molecule has 2 aliphatic carbocycles. The van der Waals surface area contributed by atoms with Crippen LogP contribution in [0.1, 0.15) is 85.9 Å². The number of hydrogen-bond acceptors (Lipinski definition) is 3. The summed E-state index contributed by atoms with van der Waals surface area (Å²) in [6.45, 7) is 6.60. The van der Waals surface area contributed by atoms with E-state index >= 15 is 0 Å². The number of rotatable bonds is 6. The summed E-state index contributed by atoms with van der Waals surface area (Å²) in [6.07, 6.45) is 0.866. The highest BCUT2D eigenvalue weighted by molar-refractivity contribution is 5.96. The summed E-state index contributed by atoms with van der Waals surface area (Å²) >= 11 is 0. The first-order chi connectivity index (χ1) is 24.4. The molecule has 1 heterocycles. The Hall–Kier alpha value is -5.80. The highest BCUT2D eigenvalue weighted by Gasteiger charge is 2.40. The van der Waals surface area contributed by atoms with Gasteiger partial charge in [0.2, 0.25) is 0 Å². The molecule has 3 aliphatic rings. The first-order valence-corrected chi connectivity index (χ1v) is 17.4. The normalized spacial score (nSPS) is 20.2. The lowest BCUT2D eigenvalue weighted by Gasteiger charge is -2.34. The molecular weight excluding hydrogens is 613 g/mol. The van der Waals surface area contributed by atoms with E-state index < -0.39 is 5.41 Å². The largest absolute Gasteiger partial charge is 0.461 e. The Kier molecular flexibility index (Phi) is 7.06. The molecule has 0 radical (unpaired) electrons. The molecule has 3 atom stereocenters. The van der Waals surface area contributed by atoms with E-state index in [9.17, 15) is 9.59 Å². The molecule has 0 bridgehead atoms. The topological polar surface area (TPSA) is 43.4 Å². The van der Waals surface area contributed by atoms with Gasteiger partial charge in [-0.1, -0.05) is 140 Å². The van der Waals surface area contributed by atoms with Gasteiger partial charge in [-0.3, -0.25) is 9.59 Å². The van der Waals surface area contributed by atoms with Crippen molar-refractivity contribution < 1.29 is 14.3 Å².